The zero-order valence-electron chi connectivity index (χ0n) is 15.3. The zero-order valence-corrected chi connectivity index (χ0v) is 15.3. The van der Waals surface area contributed by atoms with Gasteiger partial charge in [0, 0.05) is 13.0 Å². The molecule has 3 amide bonds. The molecule has 1 saturated carbocycles. The third-order valence-corrected chi connectivity index (χ3v) is 6.36. The smallest absolute Gasteiger partial charge is 0.242 e. The summed E-state index contributed by atoms with van der Waals surface area (Å²) in [6.07, 6.45) is 1.37. The minimum atomic E-state index is -0.600. The lowest BCUT2D eigenvalue weighted by Crippen LogP contribution is -2.60. The molecule has 8 nitrogen and oxygen atoms in total. The molecule has 2 aliphatic rings. The van der Waals surface area contributed by atoms with Crippen LogP contribution in [0.3, 0.4) is 0 Å². The number of rotatable bonds is 4. The number of aromatic nitrogens is 2. The number of nitrogens with zero attached hydrogens (tertiary/aromatic N) is 4. The van der Waals surface area contributed by atoms with Gasteiger partial charge in [-0.1, -0.05) is 31.1 Å². The van der Waals surface area contributed by atoms with Crippen LogP contribution < -0.4 is 0 Å². The zero-order chi connectivity index (χ0) is 18.6. The molecule has 0 unspecified atom stereocenters. The predicted molar refractivity (Wildman–Crippen MR) is 86.8 cm³/mol. The number of likely N-dealkylation sites (tertiary alicyclic amines) is 1. The Morgan fingerprint density at radius 3 is 2.60 bits per heavy atom. The average Bonchev–Trinajstić information content (AvgIpc) is 3.02. The van der Waals surface area contributed by atoms with Crippen molar-refractivity contribution in [3.63, 3.8) is 0 Å². The molecule has 2 bridgehead atoms. The van der Waals surface area contributed by atoms with Gasteiger partial charge < -0.3 is 4.90 Å². The van der Waals surface area contributed by atoms with Crippen molar-refractivity contribution in [2.75, 3.05) is 13.6 Å². The molecule has 0 N–H and O–H groups in total. The van der Waals surface area contributed by atoms with E-state index in [9.17, 15) is 14.4 Å². The van der Waals surface area contributed by atoms with Crippen molar-refractivity contribution >= 4 is 17.7 Å². The van der Waals surface area contributed by atoms with E-state index in [2.05, 4.69) is 14.9 Å². The molecule has 0 spiro atoms. The lowest BCUT2D eigenvalue weighted by atomic mass is 9.62. The van der Waals surface area contributed by atoms with Gasteiger partial charge in [0.25, 0.3) is 0 Å². The Labute approximate surface area is 146 Å². The summed E-state index contributed by atoms with van der Waals surface area (Å²) >= 11 is 0. The SMILES string of the molecule is Cc1nonc1CN(C)C(=O)CN1C(=O)[C@@H]2CC[C@@](C)(C1=O)C2(C)C. The number of fused-ring (bicyclic) bond motifs is 2. The molecule has 0 aromatic carbocycles. The molecular weight excluding hydrogens is 324 g/mol. The maximum Gasteiger partial charge on any atom is 0.242 e. The minimum Gasteiger partial charge on any atom is -0.338 e. The van der Waals surface area contributed by atoms with Gasteiger partial charge in [-0.05, 0) is 25.2 Å². The number of piperidine rings is 1. The summed E-state index contributed by atoms with van der Waals surface area (Å²) < 4.78 is 4.63. The predicted octanol–water partition coefficient (Wildman–Crippen LogP) is 1.15. The Kier molecular flexibility index (Phi) is 3.96. The summed E-state index contributed by atoms with van der Waals surface area (Å²) in [7, 11) is 1.61. The molecule has 1 aromatic heterocycles. The second kappa shape index (κ2) is 5.64. The van der Waals surface area contributed by atoms with Gasteiger partial charge in [0.2, 0.25) is 17.7 Å². The molecule has 0 radical (unpaired) electrons. The monoisotopic (exact) mass is 348 g/mol. The van der Waals surface area contributed by atoms with Gasteiger partial charge in [-0.3, -0.25) is 19.3 Å². The number of amides is 3. The van der Waals surface area contributed by atoms with Gasteiger partial charge in [0.05, 0.1) is 12.0 Å². The van der Waals surface area contributed by atoms with Crippen molar-refractivity contribution in [1.29, 1.82) is 0 Å². The van der Waals surface area contributed by atoms with E-state index in [1.165, 1.54) is 4.90 Å². The van der Waals surface area contributed by atoms with Crippen LogP contribution in [0.15, 0.2) is 4.63 Å². The molecule has 2 atom stereocenters. The first-order valence-corrected chi connectivity index (χ1v) is 8.47. The largest absolute Gasteiger partial charge is 0.338 e. The number of carbonyl (C=O) groups excluding carboxylic acids is 3. The van der Waals surface area contributed by atoms with Crippen LogP contribution in [0.2, 0.25) is 0 Å². The van der Waals surface area contributed by atoms with Crippen molar-refractivity contribution in [2.24, 2.45) is 16.7 Å². The van der Waals surface area contributed by atoms with Crippen LogP contribution in [0.1, 0.15) is 45.0 Å². The highest BCUT2D eigenvalue weighted by Gasteiger charge is 2.64. The molecule has 3 rings (SSSR count). The van der Waals surface area contributed by atoms with E-state index in [1.54, 1.807) is 14.0 Å². The van der Waals surface area contributed by atoms with E-state index in [0.717, 1.165) is 4.90 Å². The third kappa shape index (κ3) is 2.46. The Morgan fingerprint density at radius 2 is 2.00 bits per heavy atom. The van der Waals surface area contributed by atoms with Gasteiger partial charge >= 0.3 is 0 Å². The lowest BCUT2D eigenvalue weighted by molar-refractivity contribution is -0.170. The van der Waals surface area contributed by atoms with E-state index in [0.29, 0.717) is 24.2 Å². The van der Waals surface area contributed by atoms with Crippen LogP contribution >= 0.6 is 0 Å². The summed E-state index contributed by atoms with van der Waals surface area (Å²) in [5.74, 6) is -0.995. The van der Waals surface area contributed by atoms with E-state index in [-0.39, 0.29) is 42.1 Å². The van der Waals surface area contributed by atoms with Crippen LogP contribution in [0, 0.1) is 23.7 Å². The summed E-state index contributed by atoms with van der Waals surface area (Å²) in [6.45, 7) is 7.59. The molecule has 1 saturated heterocycles. The van der Waals surface area contributed by atoms with Crippen LogP contribution in [0.25, 0.3) is 0 Å². The van der Waals surface area contributed by atoms with Gasteiger partial charge in [-0.15, -0.1) is 0 Å². The van der Waals surface area contributed by atoms with E-state index >= 15 is 0 Å². The molecule has 136 valence electrons. The number of imide groups is 1. The van der Waals surface area contributed by atoms with Crippen molar-refractivity contribution < 1.29 is 19.0 Å². The summed E-state index contributed by atoms with van der Waals surface area (Å²) in [5, 5.41) is 7.43. The molecule has 1 aromatic rings. The summed E-state index contributed by atoms with van der Waals surface area (Å²) in [6, 6.07) is 0. The Morgan fingerprint density at radius 1 is 1.32 bits per heavy atom. The third-order valence-electron chi connectivity index (χ3n) is 6.36. The van der Waals surface area contributed by atoms with Crippen molar-refractivity contribution in [3.05, 3.63) is 11.4 Å². The molecule has 25 heavy (non-hydrogen) atoms. The number of carbonyl (C=O) groups is 3. The maximum absolute atomic E-state index is 13.0. The molecule has 2 fully saturated rings. The van der Waals surface area contributed by atoms with Crippen molar-refractivity contribution in [3.8, 4) is 0 Å². The Balaban J connectivity index is 1.74. The highest BCUT2D eigenvalue weighted by atomic mass is 16.6. The number of aryl methyl sites for hydroxylation is 1. The number of hydrogen-bond acceptors (Lipinski definition) is 6. The quantitative estimate of drug-likeness (QED) is 0.757. The normalized spacial score (nSPS) is 27.7. The molecule has 1 aliphatic carbocycles. The van der Waals surface area contributed by atoms with Crippen molar-refractivity contribution in [1.82, 2.24) is 20.1 Å². The standard InChI is InChI=1S/C17H24N4O4/c1-10-12(19-25-18-10)8-20(5)13(22)9-21-14(23)11-6-7-17(4,15(21)24)16(11,2)3/h11H,6-9H2,1-5H3/t11-,17-/m0/s1. The van der Waals surface area contributed by atoms with E-state index < -0.39 is 5.41 Å². The fourth-order valence-corrected chi connectivity index (χ4v) is 4.01. The fourth-order valence-electron chi connectivity index (χ4n) is 4.01. The minimum absolute atomic E-state index is 0.213. The first-order chi connectivity index (χ1) is 11.6. The van der Waals surface area contributed by atoms with Crippen LogP contribution in [-0.4, -0.2) is 51.4 Å². The fraction of sp³-hybridized carbons (Fsp3) is 0.706. The molecule has 8 heteroatoms. The van der Waals surface area contributed by atoms with Gasteiger partial charge in [-0.25, -0.2) is 4.63 Å². The van der Waals surface area contributed by atoms with Gasteiger partial charge in [0.15, 0.2) is 0 Å². The summed E-state index contributed by atoms with van der Waals surface area (Å²) in [4.78, 5) is 40.9. The second-order valence-corrected chi connectivity index (χ2v) is 7.92. The molecule has 2 heterocycles. The first-order valence-electron chi connectivity index (χ1n) is 8.47. The van der Waals surface area contributed by atoms with Gasteiger partial charge in [-0.2, -0.15) is 0 Å². The topological polar surface area (TPSA) is 96.6 Å². The van der Waals surface area contributed by atoms with Crippen LogP contribution in [-0.2, 0) is 20.9 Å². The van der Waals surface area contributed by atoms with Crippen LogP contribution in [0.4, 0.5) is 0 Å². The molecule has 1 aliphatic heterocycles. The molecular formula is C17H24N4O4. The highest BCUT2D eigenvalue weighted by Crippen LogP contribution is 2.59. The Bertz CT molecular complexity index is 741. The highest BCUT2D eigenvalue weighted by molar-refractivity contribution is 6.06. The van der Waals surface area contributed by atoms with E-state index in [4.69, 9.17) is 0 Å². The maximum atomic E-state index is 13.0. The van der Waals surface area contributed by atoms with Crippen molar-refractivity contribution in [2.45, 2.75) is 47.1 Å². The Hall–Kier alpha value is -2.25. The van der Waals surface area contributed by atoms with Crippen LogP contribution in [0.5, 0.6) is 0 Å². The number of likely N-dealkylation sites (N-methyl/N-ethyl adjacent to an activating group) is 1. The average molecular weight is 348 g/mol. The lowest BCUT2D eigenvalue weighted by Gasteiger charge is -2.47. The van der Waals surface area contributed by atoms with Gasteiger partial charge in [0.1, 0.15) is 17.9 Å². The number of hydrogen-bond donors (Lipinski definition) is 0. The first kappa shape index (κ1) is 17.6. The second-order valence-electron chi connectivity index (χ2n) is 7.92. The summed E-state index contributed by atoms with van der Waals surface area (Å²) in [5.41, 5.74) is 0.185. The van der Waals surface area contributed by atoms with E-state index in [1.807, 2.05) is 20.8 Å².